The van der Waals surface area contributed by atoms with Crippen molar-refractivity contribution in [2.45, 2.75) is 45.6 Å². The monoisotopic (exact) mass is 295 g/mol. The summed E-state index contributed by atoms with van der Waals surface area (Å²) in [5.41, 5.74) is 0. The number of urea groups is 1. The second-order valence-corrected chi connectivity index (χ2v) is 5.95. The molecule has 5 amide bonds. The molecule has 2 aliphatic rings. The van der Waals surface area contributed by atoms with Crippen molar-refractivity contribution < 1.29 is 19.2 Å². The summed E-state index contributed by atoms with van der Waals surface area (Å²) in [6.07, 6.45) is 2.72. The fraction of sp³-hybridized carbons (Fsp3) is 0.714. The van der Waals surface area contributed by atoms with Crippen molar-refractivity contribution in [2.24, 2.45) is 11.8 Å². The number of carbonyl (C=O) groups excluding carboxylic acids is 4. The summed E-state index contributed by atoms with van der Waals surface area (Å²) >= 11 is 0. The predicted octanol–water partition coefficient (Wildman–Crippen LogP) is 0.396. The number of barbiturate groups is 1. The summed E-state index contributed by atoms with van der Waals surface area (Å²) in [6, 6.07) is -0.384. The molecular weight excluding hydrogens is 274 g/mol. The van der Waals surface area contributed by atoms with E-state index in [2.05, 4.69) is 10.6 Å². The van der Waals surface area contributed by atoms with Crippen LogP contribution < -0.4 is 10.6 Å². The maximum atomic E-state index is 12.2. The van der Waals surface area contributed by atoms with E-state index in [0.29, 0.717) is 12.5 Å². The number of imide groups is 2. The van der Waals surface area contributed by atoms with Crippen LogP contribution in [0.5, 0.6) is 0 Å². The highest BCUT2D eigenvalue weighted by Crippen LogP contribution is 2.20. The van der Waals surface area contributed by atoms with Crippen LogP contribution in [0, 0.1) is 11.8 Å². The second kappa shape index (κ2) is 6.24. The highest BCUT2D eigenvalue weighted by molar-refractivity contribution is 6.16. The summed E-state index contributed by atoms with van der Waals surface area (Å²) in [7, 11) is 0. The second-order valence-electron chi connectivity index (χ2n) is 5.95. The zero-order valence-electron chi connectivity index (χ0n) is 12.3. The quantitative estimate of drug-likeness (QED) is 0.693. The van der Waals surface area contributed by atoms with E-state index >= 15 is 0 Å². The Balaban J connectivity index is 1.85. The molecule has 7 nitrogen and oxygen atoms in total. The highest BCUT2D eigenvalue weighted by Gasteiger charge is 2.41. The highest BCUT2D eigenvalue weighted by atomic mass is 16.2. The third-order valence-electron chi connectivity index (χ3n) is 3.68. The van der Waals surface area contributed by atoms with Crippen molar-refractivity contribution >= 4 is 23.8 Å². The van der Waals surface area contributed by atoms with Crippen LogP contribution in [0.3, 0.4) is 0 Å². The molecule has 1 saturated carbocycles. The predicted molar refractivity (Wildman–Crippen MR) is 74.0 cm³/mol. The van der Waals surface area contributed by atoms with E-state index in [1.807, 2.05) is 0 Å². The number of carbonyl (C=O) groups is 4. The lowest BCUT2D eigenvalue weighted by Crippen LogP contribution is -2.59. The van der Waals surface area contributed by atoms with Crippen LogP contribution >= 0.6 is 0 Å². The average molecular weight is 295 g/mol. The third-order valence-corrected chi connectivity index (χ3v) is 3.68. The molecule has 2 N–H and O–H groups in total. The van der Waals surface area contributed by atoms with Gasteiger partial charge in [0.25, 0.3) is 0 Å². The number of nitrogens with zero attached hydrogens (tertiary/aromatic N) is 1. The van der Waals surface area contributed by atoms with Gasteiger partial charge in [0.15, 0.2) is 0 Å². The van der Waals surface area contributed by atoms with Crippen molar-refractivity contribution in [3.8, 4) is 0 Å². The number of nitrogens with one attached hydrogen (secondary N) is 2. The lowest BCUT2D eigenvalue weighted by molar-refractivity contribution is -0.144. The van der Waals surface area contributed by atoms with E-state index in [9.17, 15) is 19.2 Å². The first-order chi connectivity index (χ1) is 9.90. The van der Waals surface area contributed by atoms with Gasteiger partial charge < -0.3 is 5.32 Å². The van der Waals surface area contributed by atoms with E-state index in [1.54, 1.807) is 13.8 Å². The van der Waals surface area contributed by atoms with Crippen molar-refractivity contribution in [1.82, 2.24) is 15.5 Å². The molecule has 0 aromatic carbocycles. The van der Waals surface area contributed by atoms with Crippen molar-refractivity contribution in [3.05, 3.63) is 0 Å². The molecule has 1 saturated heterocycles. The largest absolute Gasteiger partial charge is 0.353 e. The third kappa shape index (κ3) is 3.80. The maximum absolute atomic E-state index is 12.2. The molecule has 0 radical (unpaired) electrons. The maximum Gasteiger partial charge on any atom is 0.330 e. The van der Waals surface area contributed by atoms with E-state index in [-0.39, 0.29) is 24.8 Å². The fourth-order valence-electron chi connectivity index (χ4n) is 2.36. The zero-order chi connectivity index (χ0) is 15.6. The summed E-state index contributed by atoms with van der Waals surface area (Å²) in [4.78, 5) is 48.2. The minimum Gasteiger partial charge on any atom is -0.353 e. The Morgan fingerprint density at radius 1 is 1.33 bits per heavy atom. The Labute approximate surface area is 123 Å². The van der Waals surface area contributed by atoms with E-state index < -0.39 is 23.8 Å². The van der Waals surface area contributed by atoms with Gasteiger partial charge in [-0.1, -0.05) is 13.8 Å². The summed E-state index contributed by atoms with van der Waals surface area (Å²) in [5.74, 6) is -2.07. The number of amides is 5. The van der Waals surface area contributed by atoms with E-state index in [1.165, 1.54) is 0 Å². The summed E-state index contributed by atoms with van der Waals surface area (Å²) in [5, 5.41) is 5.05. The first kappa shape index (κ1) is 15.5. The molecule has 2 rings (SSSR count). The first-order valence-corrected chi connectivity index (χ1v) is 7.35. The molecule has 0 aromatic heterocycles. The molecule has 21 heavy (non-hydrogen) atoms. The van der Waals surface area contributed by atoms with Crippen molar-refractivity contribution in [1.29, 1.82) is 0 Å². The molecule has 0 bridgehead atoms. The van der Waals surface area contributed by atoms with Crippen LogP contribution in [0.15, 0.2) is 0 Å². The van der Waals surface area contributed by atoms with E-state index in [0.717, 1.165) is 17.7 Å². The van der Waals surface area contributed by atoms with Gasteiger partial charge in [0.2, 0.25) is 17.7 Å². The molecule has 1 aliphatic carbocycles. The molecule has 116 valence electrons. The molecule has 1 heterocycles. The van der Waals surface area contributed by atoms with Gasteiger partial charge in [-0.3, -0.25) is 24.6 Å². The van der Waals surface area contributed by atoms with Crippen LogP contribution in [0.25, 0.3) is 0 Å². The minimum atomic E-state index is -0.831. The van der Waals surface area contributed by atoms with Crippen LogP contribution in [0.4, 0.5) is 4.79 Å². The Morgan fingerprint density at radius 3 is 2.57 bits per heavy atom. The van der Waals surface area contributed by atoms with Crippen LogP contribution in [-0.4, -0.2) is 41.2 Å². The number of hydrogen-bond acceptors (Lipinski definition) is 4. The standard InChI is InChI=1S/C14H21N3O4/c1-8(2)11-12(19)16-14(21)17(13(11)20)7-3-4-10(18)15-9-5-6-9/h8-9,11H,3-7H2,1-2H3,(H,15,18)(H,16,19,21). The van der Waals surface area contributed by atoms with Crippen molar-refractivity contribution in [2.75, 3.05) is 6.54 Å². The minimum absolute atomic E-state index is 0.0566. The molecular formula is C14H21N3O4. The van der Waals surface area contributed by atoms with Gasteiger partial charge in [0, 0.05) is 19.0 Å². The summed E-state index contributed by atoms with van der Waals surface area (Å²) in [6.45, 7) is 3.68. The molecule has 1 unspecified atom stereocenters. The van der Waals surface area contributed by atoms with Gasteiger partial charge in [0.05, 0.1) is 0 Å². The molecule has 0 spiro atoms. The lowest BCUT2D eigenvalue weighted by Gasteiger charge is -2.31. The van der Waals surface area contributed by atoms with Gasteiger partial charge in [-0.2, -0.15) is 0 Å². The SMILES string of the molecule is CC(C)C1C(=O)NC(=O)N(CCCC(=O)NC2CC2)C1=O. The van der Waals surface area contributed by atoms with Crippen molar-refractivity contribution in [3.63, 3.8) is 0 Å². The van der Waals surface area contributed by atoms with Gasteiger partial charge in [0.1, 0.15) is 5.92 Å². The van der Waals surface area contributed by atoms with E-state index in [4.69, 9.17) is 0 Å². The van der Waals surface area contributed by atoms with Gasteiger partial charge in [-0.15, -0.1) is 0 Å². The Bertz CT molecular complexity index is 471. The van der Waals surface area contributed by atoms with Crippen LogP contribution in [0.2, 0.25) is 0 Å². The van der Waals surface area contributed by atoms with Gasteiger partial charge >= 0.3 is 6.03 Å². The first-order valence-electron chi connectivity index (χ1n) is 7.35. The summed E-state index contributed by atoms with van der Waals surface area (Å²) < 4.78 is 0. The van der Waals surface area contributed by atoms with Gasteiger partial charge in [-0.05, 0) is 25.2 Å². The average Bonchev–Trinajstić information content (AvgIpc) is 3.16. The molecule has 1 atom stereocenters. The number of rotatable bonds is 6. The number of hydrogen-bond donors (Lipinski definition) is 2. The Morgan fingerprint density at radius 2 is 2.00 bits per heavy atom. The molecule has 0 aromatic rings. The lowest BCUT2D eigenvalue weighted by atomic mass is 9.92. The molecule has 1 aliphatic heterocycles. The van der Waals surface area contributed by atoms with Crippen LogP contribution in [-0.2, 0) is 14.4 Å². The molecule has 2 fully saturated rings. The Kier molecular flexibility index (Phi) is 4.59. The van der Waals surface area contributed by atoms with Crippen LogP contribution in [0.1, 0.15) is 39.5 Å². The molecule has 7 heteroatoms. The smallest absolute Gasteiger partial charge is 0.330 e. The van der Waals surface area contributed by atoms with Gasteiger partial charge in [-0.25, -0.2) is 4.79 Å². The fourth-order valence-corrected chi connectivity index (χ4v) is 2.36. The zero-order valence-corrected chi connectivity index (χ0v) is 12.3. The Hall–Kier alpha value is -1.92. The topological polar surface area (TPSA) is 95.6 Å². The normalized spacial score (nSPS) is 22.5.